The third kappa shape index (κ3) is 2.01. The van der Waals surface area contributed by atoms with E-state index in [1.807, 2.05) is 42.2 Å². The van der Waals surface area contributed by atoms with Crippen molar-refractivity contribution in [1.29, 1.82) is 0 Å². The van der Waals surface area contributed by atoms with E-state index in [1.54, 1.807) is 24.3 Å². The van der Waals surface area contributed by atoms with Crippen molar-refractivity contribution in [1.82, 2.24) is 19.3 Å². The maximum Gasteiger partial charge on any atom is 0.143 e. The first-order valence-corrected chi connectivity index (χ1v) is 6.14. The van der Waals surface area contributed by atoms with Crippen molar-refractivity contribution in [3.8, 4) is 22.7 Å². The lowest BCUT2D eigenvalue weighted by Crippen LogP contribution is -1.98. The molecule has 6 heteroatoms. The Kier molecular flexibility index (Phi) is 2.90. The molecule has 0 amide bonds. The molecule has 0 aliphatic rings. The van der Waals surface area contributed by atoms with Crippen molar-refractivity contribution in [2.75, 3.05) is 12.8 Å². The molecule has 3 aromatic rings. The van der Waals surface area contributed by atoms with Crippen molar-refractivity contribution in [2.45, 2.75) is 0 Å². The summed E-state index contributed by atoms with van der Waals surface area (Å²) in [7, 11) is 3.49. The number of ether oxygens (including phenoxy) is 1. The molecule has 0 aliphatic carbocycles. The van der Waals surface area contributed by atoms with Crippen LogP contribution in [0, 0.1) is 0 Å². The van der Waals surface area contributed by atoms with Crippen LogP contribution in [0.2, 0.25) is 0 Å². The molecule has 0 unspecified atom stereocenters. The van der Waals surface area contributed by atoms with Crippen LogP contribution in [0.1, 0.15) is 0 Å². The number of nitrogen functional groups attached to an aromatic ring is 1. The molecule has 6 nitrogen and oxygen atoms in total. The van der Waals surface area contributed by atoms with Crippen molar-refractivity contribution in [3.05, 3.63) is 43.1 Å². The molecular formula is C14H15N5O. The molecule has 2 heterocycles. The minimum Gasteiger partial charge on any atom is -0.495 e. The molecule has 0 atom stereocenters. The number of anilines is 1. The zero-order valence-corrected chi connectivity index (χ0v) is 11.3. The second-order valence-electron chi connectivity index (χ2n) is 4.48. The highest BCUT2D eigenvalue weighted by Gasteiger charge is 2.10. The fourth-order valence-electron chi connectivity index (χ4n) is 2.12. The van der Waals surface area contributed by atoms with Gasteiger partial charge < -0.3 is 10.5 Å². The van der Waals surface area contributed by atoms with E-state index in [0.717, 1.165) is 16.9 Å². The lowest BCUT2D eigenvalue weighted by Gasteiger charge is -2.10. The Balaban J connectivity index is 2.10. The zero-order chi connectivity index (χ0) is 14.1. The number of methoxy groups -OCH3 is 1. The molecule has 0 saturated heterocycles. The predicted octanol–water partition coefficient (Wildman–Crippen LogP) is 1.86. The van der Waals surface area contributed by atoms with Gasteiger partial charge in [0.05, 0.1) is 42.9 Å². The Labute approximate surface area is 116 Å². The molecule has 0 bridgehead atoms. The van der Waals surface area contributed by atoms with E-state index in [9.17, 15) is 0 Å². The second kappa shape index (κ2) is 4.73. The highest BCUT2D eigenvalue weighted by atomic mass is 16.5. The Bertz CT molecular complexity index is 744. The van der Waals surface area contributed by atoms with Gasteiger partial charge in [0.1, 0.15) is 5.75 Å². The van der Waals surface area contributed by atoms with Gasteiger partial charge in [-0.1, -0.05) is 0 Å². The first-order chi connectivity index (χ1) is 9.69. The van der Waals surface area contributed by atoms with Gasteiger partial charge in [0, 0.05) is 24.9 Å². The molecule has 0 aliphatic heterocycles. The van der Waals surface area contributed by atoms with Gasteiger partial charge in [-0.2, -0.15) is 5.10 Å². The van der Waals surface area contributed by atoms with Crippen LogP contribution in [0.25, 0.3) is 16.9 Å². The van der Waals surface area contributed by atoms with Crippen molar-refractivity contribution < 1.29 is 4.74 Å². The number of hydrogen-bond donors (Lipinski definition) is 1. The Morgan fingerprint density at radius 1 is 1.25 bits per heavy atom. The smallest absolute Gasteiger partial charge is 0.143 e. The number of benzene rings is 1. The lowest BCUT2D eigenvalue weighted by molar-refractivity contribution is 0.417. The molecule has 102 valence electrons. The van der Waals surface area contributed by atoms with Gasteiger partial charge in [-0.3, -0.25) is 9.25 Å². The van der Waals surface area contributed by atoms with Crippen LogP contribution in [0.15, 0.2) is 43.1 Å². The molecule has 1 aromatic carbocycles. The molecule has 0 fully saturated rings. The Morgan fingerprint density at radius 2 is 2.10 bits per heavy atom. The van der Waals surface area contributed by atoms with Gasteiger partial charge >= 0.3 is 0 Å². The monoisotopic (exact) mass is 269 g/mol. The van der Waals surface area contributed by atoms with Gasteiger partial charge in [-0.25, -0.2) is 4.98 Å². The fraction of sp³-hybridized carbons (Fsp3) is 0.143. The molecule has 2 N–H and O–H groups in total. The van der Waals surface area contributed by atoms with E-state index in [-0.39, 0.29) is 0 Å². The molecule has 0 spiro atoms. The average molecular weight is 269 g/mol. The first kappa shape index (κ1) is 12.3. The van der Waals surface area contributed by atoms with Crippen LogP contribution in [-0.2, 0) is 7.05 Å². The third-order valence-electron chi connectivity index (χ3n) is 3.13. The Morgan fingerprint density at radius 3 is 2.80 bits per heavy atom. The average Bonchev–Trinajstić information content (AvgIpc) is 3.07. The van der Waals surface area contributed by atoms with Crippen molar-refractivity contribution >= 4 is 5.69 Å². The summed E-state index contributed by atoms with van der Waals surface area (Å²) >= 11 is 0. The van der Waals surface area contributed by atoms with Crippen LogP contribution in [0.3, 0.4) is 0 Å². The topological polar surface area (TPSA) is 70.9 Å². The number of aryl methyl sites for hydroxylation is 1. The van der Waals surface area contributed by atoms with Crippen LogP contribution >= 0.6 is 0 Å². The lowest BCUT2D eigenvalue weighted by atomic mass is 10.2. The summed E-state index contributed by atoms with van der Waals surface area (Å²) in [5.74, 6) is 0.647. The second-order valence-corrected chi connectivity index (χ2v) is 4.48. The highest BCUT2D eigenvalue weighted by molar-refractivity contribution is 5.63. The van der Waals surface area contributed by atoms with Crippen LogP contribution < -0.4 is 10.5 Å². The normalized spacial score (nSPS) is 10.7. The number of hydrogen-bond acceptors (Lipinski definition) is 4. The number of imidazole rings is 1. The number of aromatic nitrogens is 4. The molecular weight excluding hydrogens is 254 g/mol. The maximum atomic E-state index is 5.84. The van der Waals surface area contributed by atoms with Crippen LogP contribution in [0.4, 0.5) is 5.69 Å². The summed E-state index contributed by atoms with van der Waals surface area (Å²) in [5, 5.41) is 4.19. The zero-order valence-electron chi connectivity index (χ0n) is 11.3. The summed E-state index contributed by atoms with van der Waals surface area (Å²) in [6, 6.07) is 5.64. The van der Waals surface area contributed by atoms with Gasteiger partial charge in [0.2, 0.25) is 0 Å². The van der Waals surface area contributed by atoms with E-state index in [0.29, 0.717) is 11.4 Å². The molecule has 3 rings (SSSR count). The summed E-state index contributed by atoms with van der Waals surface area (Å²) in [4.78, 5) is 4.22. The fourth-order valence-corrected chi connectivity index (χ4v) is 2.12. The standard InChI is InChI=1S/C14H15N5O/c1-18-8-10(6-17-18)13-7-16-9-19(13)11-3-4-12(15)14(5-11)20-2/h3-9H,15H2,1-2H3. The van der Waals surface area contributed by atoms with Crippen LogP contribution in [-0.4, -0.2) is 26.4 Å². The minimum atomic E-state index is 0.610. The number of nitrogens with two attached hydrogens (primary N) is 1. The van der Waals surface area contributed by atoms with Gasteiger partial charge in [0.25, 0.3) is 0 Å². The summed E-state index contributed by atoms with van der Waals surface area (Å²) in [6.45, 7) is 0. The van der Waals surface area contributed by atoms with Crippen LogP contribution in [0.5, 0.6) is 5.75 Å². The number of rotatable bonds is 3. The van der Waals surface area contributed by atoms with Crippen molar-refractivity contribution in [2.24, 2.45) is 7.05 Å². The SMILES string of the molecule is COc1cc(-n2cncc2-c2cnn(C)c2)ccc1N. The van der Waals surface area contributed by atoms with Gasteiger partial charge in [0.15, 0.2) is 0 Å². The molecule has 0 radical (unpaired) electrons. The quantitative estimate of drug-likeness (QED) is 0.737. The summed E-state index contributed by atoms with van der Waals surface area (Å²) in [5.41, 5.74) is 9.35. The molecule has 0 saturated carbocycles. The van der Waals surface area contributed by atoms with E-state index in [2.05, 4.69) is 10.1 Å². The Hall–Kier alpha value is -2.76. The first-order valence-electron chi connectivity index (χ1n) is 6.14. The highest BCUT2D eigenvalue weighted by Crippen LogP contribution is 2.27. The van der Waals surface area contributed by atoms with Crippen molar-refractivity contribution in [3.63, 3.8) is 0 Å². The largest absolute Gasteiger partial charge is 0.495 e. The summed E-state index contributed by atoms with van der Waals surface area (Å²) < 4.78 is 8.99. The predicted molar refractivity (Wildman–Crippen MR) is 76.7 cm³/mol. The van der Waals surface area contributed by atoms with E-state index < -0.39 is 0 Å². The van der Waals surface area contributed by atoms with Gasteiger partial charge in [-0.15, -0.1) is 0 Å². The number of nitrogens with zero attached hydrogens (tertiary/aromatic N) is 4. The maximum absolute atomic E-state index is 5.84. The molecule has 2 aromatic heterocycles. The van der Waals surface area contributed by atoms with E-state index in [1.165, 1.54) is 0 Å². The minimum absolute atomic E-state index is 0.610. The van der Waals surface area contributed by atoms with E-state index >= 15 is 0 Å². The van der Waals surface area contributed by atoms with Gasteiger partial charge in [-0.05, 0) is 12.1 Å². The third-order valence-corrected chi connectivity index (χ3v) is 3.13. The summed E-state index contributed by atoms with van der Waals surface area (Å²) in [6.07, 6.45) is 7.32. The van der Waals surface area contributed by atoms with E-state index in [4.69, 9.17) is 10.5 Å². The molecule has 20 heavy (non-hydrogen) atoms.